The average Bonchev–Trinajstić information content (AvgIpc) is 2.65. The Labute approximate surface area is 198 Å². The number of fused-ring (bicyclic) bond motifs is 2. The maximum absolute atomic E-state index is 12.6. The number of ether oxygens (including phenoxy) is 1. The van der Waals surface area contributed by atoms with Crippen LogP contribution in [0.5, 0.6) is 11.5 Å². The number of nitrogens with one attached hydrogen (secondary N) is 2. The summed E-state index contributed by atoms with van der Waals surface area (Å²) < 4.78 is 81.0. The number of amides is 2. The van der Waals surface area contributed by atoms with Gasteiger partial charge in [-0.1, -0.05) is 58.2 Å². The number of alkyl halides is 6. The number of halogens is 10. The van der Waals surface area contributed by atoms with Crippen molar-refractivity contribution in [3.05, 3.63) is 32.2 Å². The summed E-state index contributed by atoms with van der Waals surface area (Å²) in [6.45, 7) is 0. The molecule has 1 aliphatic rings. The van der Waals surface area contributed by atoms with Crippen LogP contribution in [0.2, 0.25) is 20.1 Å². The fourth-order valence-corrected chi connectivity index (χ4v) is 4.60. The van der Waals surface area contributed by atoms with Crippen LogP contribution in [0.25, 0.3) is 0 Å². The number of rotatable bonds is 2. The lowest BCUT2D eigenvalue weighted by Crippen LogP contribution is -2.30. The lowest BCUT2D eigenvalue weighted by Gasteiger charge is -2.25. The zero-order chi connectivity index (χ0) is 24.2. The molecule has 172 valence electrons. The largest absolute Gasteiger partial charge is 0.471 e. The second kappa shape index (κ2) is 8.56. The fraction of sp³-hybridized carbons (Fsp3) is 0.125. The van der Waals surface area contributed by atoms with Crippen LogP contribution in [-0.2, 0) is 9.59 Å². The van der Waals surface area contributed by atoms with Gasteiger partial charge in [-0.15, -0.1) is 0 Å². The fourth-order valence-electron chi connectivity index (χ4n) is 2.32. The van der Waals surface area contributed by atoms with Crippen molar-refractivity contribution in [1.29, 1.82) is 0 Å². The molecule has 0 saturated carbocycles. The Balaban J connectivity index is 2.04. The number of hydrogen-bond donors (Lipinski definition) is 2. The van der Waals surface area contributed by atoms with Gasteiger partial charge in [0, 0.05) is 12.1 Å². The van der Waals surface area contributed by atoms with Crippen molar-refractivity contribution in [1.82, 2.24) is 0 Å². The van der Waals surface area contributed by atoms with E-state index in [0.717, 1.165) is 12.1 Å². The van der Waals surface area contributed by atoms with Crippen molar-refractivity contribution >= 4 is 81.4 Å². The first kappa shape index (κ1) is 24.9. The van der Waals surface area contributed by atoms with Crippen LogP contribution in [0.3, 0.4) is 0 Å². The van der Waals surface area contributed by atoms with E-state index < -0.39 is 45.6 Å². The van der Waals surface area contributed by atoms with Gasteiger partial charge in [-0.3, -0.25) is 9.59 Å². The Morgan fingerprint density at radius 3 is 1.41 bits per heavy atom. The first-order chi connectivity index (χ1) is 14.6. The van der Waals surface area contributed by atoms with Crippen molar-refractivity contribution < 1.29 is 40.7 Å². The minimum Gasteiger partial charge on any atom is -0.455 e. The molecule has 0 saturated heterocycles. The minimum atomic E-state index is -5.23. The molecule has 16 heteroatoms. The summed E-state index contributed by atoms with van der Waals surface area (Å²) in [4.78, 5) is 22.4. The molecule has 2 aromatic rings. The van der Waals surface area contributed by atoms with Gasteiger partial charge in [-0.05, 0) is 0 Å². The van der Waals surface area contributed by atoms with Gasteiger partial charge in [-0.25, -0.2) is 0 Å². The molecule has 1 heterocycles. The van der Waals surface area contributed by atoms with Crippen molar-refractivity contribution in [2.24, 2.45) is 0 Å². The van der Waals surface area contributed by atoms with Crippen molar-refractivity contribution in [3.8, 4) is 11.5 Å². The highest BCUT2D eigenvalue weighted by molar-refractivity contribution is 7.99. The molecule has 3 rings (SSSR count). The van der Waals surface area contributed by atoms with Gasteiger partial charge in [0.1, 0.15) is 11.5 Å². The highest BCUT2D eigenvalue weighted by atomic mass is 35.5. The molecular weight excluding hydrogens is 556 g/mol. The number of benzene rings is 2. The number of carbonyl (C=O) groups is 2. The highest BCUT2D eigenvalue weighted by Gasteiger charge is 2.41. The number of hydrogen-bond acceptors (Lipinski definition) is 4. The van der Waals surface area contributed by atoms with Crippen molar-refractivity contribution in [2.45, 2.75) is 22.1 Å². The van der Waals surface area contributed by atoms with Gasteiger partial charge in [0.05, 0.1) is 41.3 Å². The van der Waals surface area contributed by atoms with Crippen molar-refractivity contribution in [3.63, 3.8) is 0 Å². The summed E-state index contributed by atoms with van der Waals surface area (Å²) in [5.74, 6) is -4.79. The van der Waals surface area contributed by atoms with E-state index in [1.165, 1.54) is 10.6 Å². The molecule has 0 spiro atoms. The normalized spacial score (nSPS) is 13.1. The molecule has 0 atom stereocenters. The predicted octanol–water partition coefficient (Wildman–Crippen LogP) is 7.56. The molecular formula is C16H4Cl4F6N2O3S. The third-order valence-corrected chi connectivity index (χ3v) is 6.49. The molecule has 0 unspecified atom stereocenters. The van der Waals surface area contributed by atoms with Crippen LogP contribution in [0.4, 0.5) is 37.7 Å². The van der Waals surface area contributed by atoms with Crippen LogP contribution in [0.1, 0.15) is 0 Å². The predicted molar refractivity (Wildman–Crippen MR) is 106 cm³/mol. The first-order valence-electron chi connectivity index (χ1n) is 7.77. The average molecular weight is 560 g/mol. The minimum absolute atomic E-state index is 0.0540. The Hall–Kier alpha value is -1.73. The van der Waals surface area contributed by atoms with Gasteiger partial charge in [-0.2, -0.15) is 26.3 Å². The standard InChI is InChI=1S/C16H4Cl4F6N2O3S/c17-3-1-5-11(7(19)9(3)27-13(29)15(21,22)23)32-12-6(31-5)2-4(18)10(8(12)20)28-14(30)16(24,25)26/h1-2H,(H,27,29)(H,28,30). The van der Waals surface area contributed by atoms with Gasteiger partial charge in [0.15, 0.2) is 0 Å². The van der Waals surface area contributed by atoms with Gasteiger partial charge in [0.2, 0.25) is 0 Å². The van der Waals surface area contributed by atoms with Crippen LogP contribution in [0.15, 0.2) is 21.9 Å². The summed E-state index contributed by atoms with van der Waals surface area (Å²) in [6, 6.07) is 2.12. The lowest BCUT2D eigenvalue weighted by atomic mass is 10.2. The molecule has 0 aromatic heterocycles. The van der Waals surface area contributed by atoms with E-state index in [-0.39, 0.29) is 31.3 Å². The topological polar surface area (TPSA) is 67.4 Å². The van der Waals surface area contributed by atoms with Gasteiger partial charge < -0.3 is 15.4 Å². The zero-order valence-electron chi connectivity index (χ0n) is 14.6. The molecule has 1 aliphatic heterocycles. The van der Waals surface area contributed by atoms with E-state index in [4.69, 9.17) is 51.1 Å². The zero-order valence-corrected chi connectivity index (χ0v) is 18.4. The maximum atomic E-state index is 12.6. The van der Waals surface area contributed by atoms with E-state index in [1.54, 1.807) is 0 Å². The van der Waals surface area contributed by atoms with Gasteiger partial charge >= 0.3 is 24.2 Å². The molecule has 2 aromatic carbocycles. The molecule has 0 aliphatic carbocycles. The van der Waals surface area contributed by atoms with Crippen molar-refractivity contribution in [2.75, 3.05) is 10.6 Å². The van der Waals surface area contributed by atoms with E-state index in [1.807, 2.05) is 0 Å². The lowest BCUT2D eigenvalue weighted by molar-refractivity contribution is -0.167. The summed E-state index contributed by atoms with van der Waals surface area (Å²) in [7, 11) is 0. The Kier molecular flexibility index (Phi) is 6.66. The Bertz CT molecular complexity index is 1070. The maximum Gasteiger partial charge on any atom is 0.471 e. The van der Waals surface area contributed by atoms with Crippen LogP contribution in [0, 0.1) is 0 Å². The quantitative estimate of drug-likeness (QED) is 0.318. The molecule has 0 fully saturated rings. The van der Waals surface area contributed by atoms with E-state index >= 15 is 0 Å². The van der Waals surface area contributed by atoms with E-state index in [0.29, 0.717) is 11.8 Å². The second-order valence-electron chi connectivity index (χ2n) is 5.86. The summed E-state index contributed by atoms with van der Waals surface area (Å²) in [5.41, 5.74) is -1.16. The molecule has 2 N–H and O–H groups in total. The second-order valence-corrected chi connectivity index (χ2v) is 8.45. The smallest absolute Gasteiger partial charge is 0.455 e. The van der Waals surface area contributed by atoms with E-state index in [9.17, 15) is 35.9 Å². The molecule has 5 nitrogen and oxygen atoms in total. The summed E-state index contributed by atoms with van der Waals surface area (Å²) in [5, 5.41) is 1.40. The first-order valence-corrected chi connectivity index (χ1v) is 10.1. The van der Waals surface area contributed by atoms with Gasteiger partial charge in [0.25, 0.3) is 0 Å². The highest BCUT2D eigenvalue weighted by Crippen LogP contribution is 2.57. The number of anilines is 2. The monoisotopic (exact) mass is 558 g/mol. The molecule has 0 bridgehead atoms. The summed E-state index contributed by atoms with van der Waals surface area (Å²) in [6.07, 6.45) is -10.5. The summed E-state index contributed by atoms with van der Waals surface area (Å²) >= 11 is 24.7. The Morgan fingerprint density at radius 1 is 0.750 bits per heavy atom. The van der Waals surface area contributed by atoms with E-state index in [2.05, 4.69) is 0 Å². The van der Waals surface area contributed by atoms with Crippen LogP contribution in [-0.4, -0.2) is 24.2 Å². The van der Waals surface area contributed by atoms with Crippen LogP contribution < -0.4 is 15.4 Å². The molecule has 32 heavy (non-hydrogen) atoms. The molecule has 2 amide bonds. The Morgan fingerprint density at radius 2 is 1.09 bits per heavy atom. The SMILES string of the molecule is O=C(Nc1c(Cl)cc2c(c1Cl)Sc1c(cc(Cl)c(NC(=O)C(F)(F)F)c1Cl)O2)C(F)(F)F. The number of carbonyl (C=O) groups excluding carboxylic acids is 2. The third-order valence-electron chi connectivity index (χ3n) is 3.69. The van der Waals surface area contributed by atoms with Crippen LogP contribution >= 0.6 is 58.2 Å². The third kappa shape index (κ3) is 4.79. The molecule has 0 radical (unpaired) electrons.